The maximum absolute atomic E-state index is 12.3. The molecule has 2 aromatic rings. The first-order valence-electron chi connectivity index (χ1n) is 8.73. The monoisotopic (exact) mass is 324 g/mol. The summed E-state index contributed by atoms with van der Waals surface area (Å²) in [5.41, 5.74) is 11.4. The normalized spacial score (nSPS) is 21.2. The molecule has 2 aliphatic rings. The van der Waals surface area contributed by atoms with Gasteiger partial charge in [0, 0.05) is 11.3 Å². The van der Waals surface area contributed by atoms with Gasteiger partial charge < -0.3 is 11.1 Å². The molecule has 2 aliphatic carbocycles. The van der Waals surface area contributed by atoms with Gasteiger partial charge in [0.15, 0.2) is 0 Å². The average Bonchev–Trinajstić information content (AvgIpc) is 3.18. The van der Waals surface area contributed by atoms with E-state index in [1.165, 1.54) is 16.8 Å². The molecular formula is C19H24N4O. The Morgan fingerprint density at radius 3 is 2.92 bits per heavy atom. The molecule has 0 unspecified atom stereocenters. The number of fused-ring (bicyclic) bond motifs is 1. The number of aryl methyl sites for hydroxylation is 1. The molecule has 0 aliphatic heterocycles. The Balaban J connectivity index is 1.67. The minimum absolute atomic E-state index is 0.0140. The molecule has 5 nitrogen and oxygen atoms in total. The van der Waals surface area contributed by atoms with Gasteiger partial charge in [-0.25, -0.2) is 4.68 Å². The second-order valence-electron chi connectivity index (χ2n) is 7.25. The number of hydrogen-bond donors (Lipinski definition) is 2. The number of amides is 1. The average molecular weight is 324 g/mol. The number of carbonyl (C=O) groups excluding carboxylic acids is 1. The van der Waals surface area contributed by atoms with Crippen molar-refractivity contribution in [3.63, 3.8) is 0 Å². The van der Waals surface area contributed by atoms with Gasteiger partial charge in [-0.1, -0.05) is 12.1 Å². The van der Waals surface area contributed by atoms with E-state index in [4.69, 9.17) is 5.73 Å². The molecule has 0 saturated heterocycles. The van der Waals surface area contributed by atoms with E-state index < -0.39 is 5.54 Å². The minimum Gasteiger partial charge on any atom is -0.348 e. The maximum Gasteiger partial charge on any atom is 0.240 e. The number of carbonyl (C=O) groups is 1. The molecule has 3 N–H and O–H groups in total. The molecule has 0 bridgehead atoms. The smallest absolute Gasteiger partial charge is 0.240 e. The van der Waals surface area contributed by atoms with Gasteiger partial charge in [0.1, 0.15) is 0 Å². The molecule has 5 heteroatoms. The summed E-state index contributed by atoms with van der Waals surface area (Å²) in [6.07, 6.45) is 6.49. The highest BCUT2D eigenvalue weighted by Gasteiger charge is 2.46. The van der Waals surface area contributed by atoms with Crippen molar-refractivity contribution in [2.24, 2.45) is 5.73 Å². The lowest BCUT2D eigenvalue weighted by Crippen LogP contribution is -2.44. The molecule has 1 saturated carbocycles. The van der Waals surface area contributed by atoms with E-state index in [-0.39, 0.29) is 11.9 Å². The Hall–Kier alpha value is -2.14. The fourth-order valence-corrected chi connectivity index (χ4v) is 3.54. The van der Waals surface area contributed by atoms with Gasteiger partial charge in [-0.15, -0.1) is 0 Å². The summed E-state index contributed by atoms with van der Waals surface area (Å²) >= 11 is 0. The Kier molecular flexibility index (Phi) is 3.49. The van der Waals surface area contributed by atoms with Crippen molar-refractivity contribution < 1.29 is 4.79 Å². The van der Waals surface area contributed by atoms with Crippen LogP contribution in [0.2, 0.25) is 0 Å². The summed E-state index contributed by atoms with van der Waals surface area (Å²) in [4.78, 5) is 12.3. The summed E-state index contributed by atoms with van der Waals surface area (Å²) in [5.74, 6) is -0.0140. The van der Waals surface area contributed by atoms with Gasteiger partial charge in [0.2, 0.25) is 5.91 Å². The molecule has 1 aromatic heterocycles. The van der Waals surface area contributed by atoms with Crippen LogP contribution in [0.15, 0.2) is 24.4 Å². The molecule has 1 atom stereocenters. The molecule has 1 amide bonds. The quantitative estimate of drug-likeness (QED) is 0.911. The fraction of sp³-hybridized carbons (Fsp3) is 0.474. The maximum atomic E-state index is 12.3. The topological polar surface area (TPSA) is 72.9 Å². The highest BCUT2D eigenvalue weighted by atomic mass is 16.2. The highest BCUT2D eigenvalue weighted by Crippen LogP contribution is 2.36. The van der Waals surface area contributed by atoms with Crippen LogP contribution in [0.5, 0.6) is 0 Å². The molecule has 126 valence electrons. The standard InChI is InChI=1S/C19H24N4O/c1-12-5-3-7-16(13(12)2)23-17-8-4-6-15(14(17)11-21-23)22-18(24)19(20)9-10-19/h3,5,7,11,15H,4,6,8-10,20H2,1-2H3,(H,22,24)/t15-/m0/s1. The lowest BCUT2D eigenvalue weighted by atomic mass is 9.92. The predicted molar refractivity (Wildman–Crippen MR) is 93.0 cm³/mol. The number of nitrogens with zero attached hydrogens (tertiary/aromatic N) is 2. The van der Waals surface area contributed by atoms with E-state index in [1.54, 1.807) is 0 Å². The van der Waals surface area contributed by atoms with Crippen molar-refractivity contribution in [2.45, 2.75) is 57.5 Å². The van der Waals surface area contributed by atoms with Crippen LogP contribution in [0.4, 0.5) is 0 Å². The number of nitrogens with one attached hydrogen (secondary N) is 1. The molecule has 1 heterocycles. The number of rotatable bonds is 3. The van der Waals surface area contributed by atoms with Crippen LogP contribution in [-0.4, -0.2) is 21.2 Å². The summed E-state index contributed by atoms with van der Waals surface area (Å²) in [6.45, 7) is 4.25. The number of nitrogens with two attached hydrogens (primary N) is 1. The zero-order valence-corrected chi connectivity index (χ0v) is 14.3. The van der Waals surface area contributed by atoms with Crippen LogP contribution in [-0.2, 0) is 11.2 Å². The lowest BCUT2D eigenvalue weighted by molar-refractivity contribution is -0.124. The molecule has 1 fully saturated rings. The van der Waals surface area contributed by atoms with Crippen LogP contribution in [0.25, 0.3) is 5.69 Å². The Labute approximate surface area is 142 Å². The van der Waals surface area contributed by atoms with E-state index >= 15 is 0 Å². The largest absolute Gasteiger partial charge is 0.348 e. The van der Waals surface area contributed by atoms with E-state index in [1.807, 2.05) is 10.9 Å². The molecule has 0 spiro atoms. The number of benzene rings is 1. The molecular weight excluding hydrogens is 300 g/mol. The van der Waals surface area contributed by atoms with Crippen molar-refractivity contribution in [3.8, 4) is 5.69 Å². The zero-order chi connectivity index (χ0) is 16.9. The summed E-state index contributed by atoms with van der Waals surface area (Å²) in [5, 5.41) is 7.79. The third kappa shape index (κ3) is 2.44. The van der Waals surface area contributed by atoms with Crippen LogP contribution in [0.3, 0.4) is 0 Å². The van der Waals surface area contributed by atoms with E-state index in [9.17, 15) is 4.79 Å². The van der Waals surface area contributed by atoms with E-state index in [2.05, 4.69) is 42.5 Å². The van der Waals surface area contributed by atoms with Gasteiger partial charge in [0.05, 0.1) is 23.5 Å². The predicted octanol–water partition coefficient (Wildman–Crippen LogP) is 2.47. The van der Waals surface area contributed by atoms with Gasteiger partial charge in [-0.05, 0) is 63.1 Å². The first-order valence-corrected chi connectivity index (χ1v) is 8.73. The van der Waals surface area contributed by atoms with Crippen LogP contribution in [0.1, 0.15) is 54.1 Å². The van der Waals surface area contributed by atoms with Crippen molar-refractivity contribution in [3.05, 3.63) is 46.8 Å². The fourth-order valence-electron chi connectivity index (χ4n) is 3.54. The van der Waals surface area contributed by atoms with Crippen LogP contribution < -0.4 is 11.1 Å². The third-order valence-corrected chi connectivity index (χ3v) is 5.53. The van der Waals surface area contributed by atoms with E-state index in [0.29, 0.717) is 0 Å². The Morgan fingerprint density at radius 2 is 2.17 bits per heavy atom. The SMILES string of the molecule is Cc1cccc(-n2ncc3c2CCC[C@@H]3NC(=O)C2(N)CC2)c1C. The minimum atomic E-state index is -0.624. The summed E-state index contributed by atoms with van der Waals surface area (Å²) in [7, 11) is 0. The summed E-state index contributed by atoms with van der Waals surface area (Å²) in [6, 6.07) is 6.32. The third-order valence-electron chi connectivity index (χ3n) is 5.53. The van der Waals surface area contributed by atoms with Crippen molar-refractivity contribution in [1.82, 2.24) is 15.1 Å². The second-order valence-corrected chi connectivity index (χ2v) is 7.25. The van der Waals surface area contributed by atoms with Gasteiger partial charge >= 0.3 is 0 Å². The first-order chi connectivity index (χ1) is 11.5. The lowest BCUT2D eigenvalue weighted by Gasteiger charge is -2.25. The van der Waals surface area contributed by atoms with Crippen LogP contribution in [0, 0.1) is 13.8 Å². The Morgan fingerprint density at radius 1 is 1.38 bits per heavy atom. The zero-order valence-electron chi connectivity index (χ0n) is 14.3. The van der Waals surface area contributed by atoms with Gasteiger partial charge in [0.25, 0.3) is 0 Å². The number of hydrogen-bond acceptors (Lipinski definition) is 3. The Bertz CT molecular complexity index is 804. The van der Waals surface area contributed by atoms with Gasteiger partial charge in [-0.3, -0.25) is 4.79 Å². The van der Waals surface area contributed by atoms with Crippen molar-refractivity contribution in [2.75, 3.05) is 0 Å². The first kappa shape index (κ1) is 15.4. The highest BCUT2D eigenvalue weighted by molar-refractivity contribution is 5.89. The van der Waals surface area contributed by atoms with Crippen LogP contribution >= 0.6 is 0 Å². The molecule has 4 rings (SSSR count). The van der Waals surface area contributed by atoms with Gasteiger partial charge in [-0.2, -0.15) is 5.10 Å². The second kappa shape index (κ2) is 5.45. The van der Waals surface area contributed by atoms with E-state index in [0.717, 1.165) is 43.4 Å². The van der Waals surface area contributed by atoms with Crippen molar-refractivity contribution in [1.29, 1.82) is 0 Å². The molecule has 1 aromatic carbocycles. The molecule has 0 radical (unpaired) electrons. The summed E-state index contributed by atoms with van der Waals surface area (Å²) < 4.78 is 2.05. The molecule has 24 heavy (non-hydrogen) atoms. The van der Waals surface area contributed by atoms with Crippen molar-refractivity contribution >= 4 is 5.91 Å². The number of aromatic nitrogens is 2.